The maximum absolute atomic E-state index is 11.9. The summed E-state index contributed by atoms with van der Waals surface area (Å²) in [6.45, 7) is 9.43. The summed E-state index contributed by atoms with van der Waals surface area (Å²) in [5.74, 6) is -0.146. The minimum atomic E-state index is -0.536. The molecule has 0 fully saturated rings. The second-order valence-electron chi connectivity index (χ2n) is 6.22. The van der Waals surface area contributed by atoms with Gasteiger partial charge in [-0.1, -0.05) is 26.7 Å². The van der Waals surface area contributed by atoms with Crippen LogP contribution in [0.5, 0.6) is 0 Å². The van der Waals surface area contributed by atoms with Crippen molar-refractivity contribution in [2.45, 2.75) is 71.3 Å². The van der Waals surface area contributed by atoms with E-state index in [1.807, 2.05) is 6.92 Å². The first-order valence-electron chi connectivity index (χ1n) is 8.52. The van der Waals surface area contributed by atoms with Gasteiger partial charge in [-0.15, -0.1) is 0 Å². The van der Waals surface area contributed by atoms with Gasteiger partial charge in [0.05, 0.1) is 7.11 Å². The lowest BCUT2D eigenvalue weighted by atomic mass is 9.94. The molecule has 0 aliphatic carbocycles. The summed E-state index contributed by atoms with van der Waals surface area (Å²) >= 11 is 0. The number of nitrogens with one attached hydrogen (secondary N) is 1. The topological polar surface area (TPSA) is 41.6 Å². The van der Waals surface area contributed by atoms with Crippen molar-refractivity contribution >= 4 is 5.97 Å². The Hall–Kier alpha value is -0.610. The van der Waals surface area contributed by atoms with Crippen LogP contribution in [0.25, 0.3) is 0 Å². The average Bonchev–Trinajstić information content (AvgIpc) is 2.49. The third-order valence-corrected chi connectivity index (χ3v) is 4.01. The van der Waals surface area contributed by atoms with Crippen LogP contribution in [0.1, 0.15) is 65.7 Å². The summed E-state index contributed by atoms with van der Waals surface area (Å²) in [4.78, 5) is 14.3. The summed E-state index contributed by atoms with van der Waals surface area (Å²) in [6, 6.07) is 0. The van der Waals surface area contributed by atoms with Crippen molar-refractivity contribution in [3.05, 3.63) is 0 Å². The van der Waals surface area contributed by atoms with Crippen molar-refractivity contribution < 1.29 is 9.53 Å². The van der Waals surface area contributed by atoms with Gasteiger partial charge in [0.2, 0.25) is 0 Å². The lowest BCUT2D eigenvalue weighted by Crippen LogP contribution is -2.50. The molecule has 1 unspecified atom stereocenters. The van der Waals surface area contributed by atoms with Gasteiger partial charge in [-0.3, -0.25) is 4.79 Å². The third-order valence-electron chi connectivity index (χ3n) is 4.01. The Morgan fingerprint density at radius 1 is 1.10 bits per heavy atom. The third kappa shape index (κ3) is 9.10. The highest BCUT2D eigenvalue weighted by Gasteiger charge is 2.32. The highest BCUT2D eigenvalue weighted by atomic mass is 16.5. The molecule has 4 heteroatoms. The van der Waals surface area contributed by atoms with Gasteiger partial charge in [0.25, 0.3) is 0 Å². The second kappa shape index (κ2) is 12.0. The molecule has 21 heavy (non-hydrogen) atoms. The number of ether oxygens (including phenoxy) is 1. The molecule has 0 aliphatic heterocycles. The Morgan fingerprint density at radius 2 is 1.71 bits per heavy atom. The Morgan fingerprint density at radius 3 is 2.24 bits per heavy atom. The van der Waals surface area contributed by atoms with Gasteiger partial charge in [0, 0.05) is 0 Å². The lowest BCUT2D eigenvalue weighted by molar-refractivity contribution is -0.148. The van der Waals surface area contributed by atoms with E-state index >= 15 is 0 Å². The molecule has 0 bridgehead atoms. The number of methoxy groups -OCH3 is 1. The molecule has 0 aliphatic rings. The number of carbonyl (C=O) groups excluding carboxylic acids is 1. The largest absolute Gasteiger partial charge is 0.468 e. The van der Waals surface area contributed by atoms with E-state index < -0.39 is 5.54 Å². The maximum Gasteiger partial charge on any atom is 0.325 e. The van der Waals surface area contributed by atoms with E-state index in [-0.39, 0.29) is 5.97 Å². The van der Waals surface area contributed by atoms with Crippen molar-refractivity contribution in [2.75, 3.05) is 33.8 Å². The molecule has 126 valence electrons. The number of rotatable bonds is 13. The second-order valence-corrected chi connectivity index (χ2v) is 6.22. The number of carbonyl (C=O) groups is 1. The van der Waals surface area contributed by atoms with Gasteiger partial charge in [-0.2, -0.15) is 0 Å². The van der Waals surface area contributed by atoms with E-state index in [0.29, 0.717) is 0 Å². The fourth-order valence-corrected chi connectivity index (χ4v) is 2.49. The predicted molar refractivity (Wildman–Crippen MR) is 89.6 cm³/mol. The molecular weight excluding hydrogens is 264 g/mol. The molecule has 0 amide bonds. The number of hydrogen-bond acceptors (Lipinski definition) is 4. The van der Waals surface area contributed by atoms with Crippen molar-refractivity contribution in [3.63, 3.8) is 0 Å². The smallest absolute Gasteiger partial charge is 0.325 e. The van der Waals surface area contributed by atoms with Gasteiger partial charge >= 0.3 is 5.97 Å². The fraction of sp³-hybridized carbons (Fsp3) is 0.941. The molecule has 0 aromatic carbocycles. The molecule has 0 saturated heterocycles. The summed E-state index contributed by atoms with van der Waals surface area (Å²) < 4.78 is 4.94. The summed E-state index contributed by atoms with van der Waals surface area (Å²) in [5.41, 5.74) is -0.536. The van der Waals surface area contributed by atoms with E-state index in [4.69, 9.17) is 4.74 Å². The zero-order chi connectivity index (χ0) is 16.1. The van der Waals surface area contributed by atoms with Gasteiger partial charge in [0.1, 0.15) is 5.54 Å². The molecule has 0 heterocycles. The van der Waals surface area contributed by atoms with E-state index in [9.17, 15) is 4.79 Å². The van der Waals surface area contributed by atoms with E-state index in [0.717, 1.165) is 38.8 Å². The summed E-state index contributed by atoms with van der Waals surface area (Å²) in [7, 11) is 3.65. The quantitative estimate of drug-likeness (QED) is 0.419. The highest BCUT2D eigenvalue weighted by Crippen LogP contribution is 2.16. The predicted octanol–water partition coefficient (Wildman–Crippen LogP) is 3.21. The number of unbranched alkanes of at least 4 members (excludes halogenated alkanes) is 3. The van der Waals surface area contributed by atoms with Crippen LogP contribution in [0.4, 0.5) is 0 Å². The van der Waals surface area contributed by atoms with Crippen LogP contribution in [0.3, 0.4) is 0 Å². The maximum atomic E-state index is 11.9. The minimum Gasteiger partial charge on any atom is -0.468 e. The van der Waals surface area contributed by atoms with Crippen LogP contribution in [0.2, 0.25) is 0 Å². The Bertz CT molecular complexity index is 272. The average molecular weight is 300 g/mol. The molecule has 1 N–H and O–H groups in total. The molecular formula is C17H36N2O2. The monoisotopic (exact) mass is 300 g/mol. The number of hydrogen-bond donors (Lipinski definition) is 1. The molecule has 1 atom stereocenters. The van der Waals surface area contributed by atoms with Crippen molar-refractivity contribution in [1.29, 1.82) is 0 Å². The van der Waals surface area contributed by atoms with Gasteiger partial charge in [-0.05, 0) is 65.7 Å². The van der Waals surface area contributed by atoms with Crippen molar-refractivity contribution in [1.82, 2.24) is 10.2 Å². The standard InChI is InChI=1S/C17H36N2O2/c1-6-8-10-14-19(4)15-11-9-12-17(3,16(20)21-5)18-13-7-2/h18H,6-15H2,1-5H3. The summed E-state index contributed by atoms with van der Waals surface area (Å²) in [6.07, 6.45) is 7.89. The fourth-order valence-electron chi connectivity index (χ4n) is 2.49. The van der Waals surface area contributed by atoms with Gasteiger partial charge in [0.15, 0.2) is 0 Å². The van der Waals surface area contributed by atoms with Crippen LogP contribution < -0.4 is 5.32 Å². The SMILES string of the molecule is CCCCCN(C)CCCCC(C)(NCCC)C(=O)OC. The van der Waals surface area contributed by atoms with Gasteiger partial charge < -0.3 is 15.0 Å². The zero-order valence-corrected chi connectivity index (χ0v) is 14.8. The van der Waals surface area contributed by atoms with Crippen LogP contribution in [0.15, 0.2) is 0 Å². The van der Waals surface area contributed by atoms with Crippen LogP contribution in [-0.2, 0) is 9.53 Å². The Labute approximate surface area is 131 Å². The number of esters is 1. The highest BCUT2D eigenvalue weighted by molar-refractivity contribution is 5.80. The van der Waals surface area contributed by atoms with Crippen molar-refractivity contribution in [2.24, 2.45) is 0 Å². The first-order valence-corrected chi connectivity index (χ1v) is 8.52. The lowest BCUT2D eigenvalue weighted by Gasteiger charge is -2.28. The first kappa shape index (κ1) is 20.4. The van der Waals surface area contributed by atoms with E-state index in [1.165, 1.54) is 32.9 Å². The van der Waals surface area contributed by atoms with Gasteiger partial charge in [-0.25, -0.2) is 0 Å². The molecule has 0 spiro atoms. The zero-order valence-electron chi connectivity index (χ0n) is 14.8. The molecule has 4 nitrogen and oxygen atoms in total. The molecule has 0 radical (unpaired) electrons. The van der Waals surface area contributed by atoms with E-state index in [2.05, 4.69) is 31.1 Å². The molecule has 0 rings (SSSR count). The Balaban J connectivity index is 4.00. The number of nitrogens with zero attached hydrogens (tertiary/aromatic N) is 1. The van der Waals surface area contributed by atoms with Crippen LogP contribution in [-0.4, -0.2) is 50.2 Å². The Kier molecular flexibility index (Phi) is 11.6. The molecule has 0 aromatic rings. The van der Waals surface area contributed by atoms with Crippen molar-refractivity contribution in [3.8, 4) is 0 Å². The molecule has 0 saturated carbocycles. The molecule has 0 aromatic heterocycles. The normalized spacial score (nSPS) is 14.2. The first-order chi connectivity index (χ1) is 10.00. The van der Waals surface area contributed by atoms with E-state index in [1.54, 1.807) is 0 Å². The minimum absolute atomic E-state index is 0.146. The van der Waals surface area contributed by atoms with Crippen LogP contribution >= 0.6 is 0 Å². The summed E-state index contributed by atoms with van der Waals surface area (Å²) in [5, 5.41) is 3.34. The van der Waals surface area contributed by atoms with Crippen LogP contribution in [0, 0.1) is 0 Å².